The third kappa shape index (κ3) is 6.55. The predicted molar refractivity (Wildman–Crippen MR) is 97.1 cm³/mol. The largest absolute Gasteiger partial charge is 0.494 e. The van der Waals surface area contributed by atoms with E-state index < -0.39 is 0 Å². The number of ether oxygens (including phenoxy) is 1. The Labute approximate surface area is 146 Å². The quantitative estimate of drug-likeness (QED) is 0.772. The molecule has 0 spiro atoms. The minimum Gasteiger partial charge on any atom is -0.494 e. The SMILES string of the molecule is CCOc1cccc(CNC(=O)CSCc2cccc(Cl)c2)c1. The number of benzene rings is 2. The molecule has 0 aliphatic carbocycles. The van der Waals surface area contributed by atoms with E-state index in [2.05, 4.69) is 5.32 Å². The zero-order valence-corrected chi connectivity index (χ0v) is 14.6. The summed E-state index contributed by atoms with van der Waals surface area (Å²) in [7, 11) is 0. The van der Waals surface area contributed by atoms with E-state index in [4.69, 9.17) is 16.3 Å². The predicted octanol–water partition coefficient (Wildman–Crippen LogP) is 4.29. The van der Waals surface area contributed by atoms with Crippen LogP contribution in [0, 0.1) is 0 Å². The zero-order valence-electron chi connectivity index (χ0n) is 13.0. The average molecular weight is 350 g/mol. The van der Waals surface area contributed by atoms with Gasteiger partial charge in [-0.1, -0.05) is 35.9 Å². The van der Waals surface area contributed by atoms with Gasteiger partial charge in [-0.05, 0) is 42.3 Å². The molecule has 0 saturated heterocycles. The summed E-state index contributed by atoms with van der Waals surface area (Å²) in [5.74, 6) is 2.05. The van der Waals surface area contributed by atoms with Crippen LogP contribution in [-0.4, -0.2) is 18.3 Å². The van der Waals surface area contributed by atoms with Crippen molar-refractivity contribution in [2.75, 3.05) is 12.4 Å². The first-order valence-electron chi connectivity index (χ1n) is 7.48. The first-order chi connectivity index (χ1) is 11.2. The lowest BCUT2D eigenvalue weighted by Crippen LogP contribution is -2.24. The molecular formula is C18H20ClNO2S. The van der Waals surface area contributed by atoms with Crippen molar-refractivity contribution in [1.82, 2.24) is 5.32 Å². The first kappa shape index (κ1) is 17.7. The molecule has 0 aliphatic rings. The van der Waals surface area contributed by atoms with Gasteiger partial charge in [-0.2, -0.15) is 0 Å². The minimum absolute atomic E-state index is 0.0267. The molecule has 2 aromatic rings. The molecular weight excluding hydrogens is 330 g/mol. The summed E-state index contributed by atoms with van der Waals surface area (Å²) in [4.78, 5) is 11.9. The summed E-state index contributed by atoms with van der Waals surface area (Å²) < 4.78 is 5.45. The fraction of sp³-hybridized carbons (Fsp3) is 0.278. The summed E-state index contributed by atoms with van der Waals surface area (Å²) in [5, 5.41) is 3.65. The van der Waals surface area contributed by atoms with E-state index in [9.17, 15) is 4.79 Å². The van der Waals surface area contributed by atoms with Crippen molar-refractivity contribution < 1.29 is 9.53 Å². The Morgan fingerprint density at radius 3 is 2.74 bits per heavy atom. The molecule has 2 aromatic carbocycles. The van der Waals surface area contributed by atoms with Gasteiger partial charge in [0, 0.05) is 17.3 Å². The van der Waals surface area contributed by atoms with Crippen LogP contribution in [0.4, 0.5) is 0 Å². The second kappa shape index (κ2) is 9.48. The molecule has 0 aromatic heterocycles. The van der Waals surface area contributed by atoms with Crippen molar-refractivity contribution in [3.05, 3.63) is 64.7 Å². The molecule has 0 unspecified atom stereocenters. The van der Waals surface area contributed by atoms with Crippen LogP contribution in [0.15, 0.2) is 48.5 Å². The number of hydrogen-bond donors (Lipinski definition) is 1. The van der Waals surface area contributed by atoms with Crippen LogP contribution in [-0.2, 0) is 17.1 Å². The van der Waals surface area contributed by atoms with Crippen molar-refractivity contribution in [3.63, 3.8) is 0 Å². The van der Waals surface area contributed by atoms with Crippen LogP contribution >= 0.6 is 23.4 Å². The molecule has 23 heavy (non-hydrogen) atoms. The van der Waals surface area contributed by atoms with Crippen molar-refractivity contribution in [2.45, 2.75) is 19.2 Å². The van der Waals surface area contributed by atoms with Crippen LogP contribution < -0.4 is 10.1 Å². The van der Waals surface area contributed by atoms with Crippen molar-refractivity contribution in [3.8, 4) is 5.75 Å². The third-order valence-corrected chi connectivity index (χ3v) is 4.33. The standard InChI is InChI=1S/C18H20ClNO2S/c1-2-22-17-8-4-5-14(10-17)11-20-18(21)13-23-12-15-6-3-7-16(19)9-15/h3-10H,2,11-13H2,1H3,(H,20,21). The second-order valence-corrected chi connectivity index (χ2v) is 6.40. The molecule has 5 heteroatoms. The van der Waals surface area contributed by atoms with Gasteiger partial charge < -0.3 is 10.1 Å². The number of carbonyl (C=O) groups is 1. The van der Waals surface area contributed by atoms with Crippen molar-refractivity contribution in [1.29, 1.82) is 0 Å². The van der Waals surface area contributed by atoms with E-state index in [0.717, 1.165) is 27.7 Å². The molecule has 0 radical (unpaired) electrons. The van der Waals surface area contributed by atoms with E-state index in [1.54, 1.807) is 11.8 Å². The lowest BCUT2D eigenvalue weighted by Gasteiger charge is -2.08. The third-order valence-electron chi connectivity index (χ3n) is 3.09. The van der Waals surface area contributed by atoms with Gasteiger partial charge in [-0.15, -0.1) is 11.8 Å². The van der Waals surface area contributed by atoms with Gasteiger partial charge in [0.2, 0.25) is 5.91 Å². The first-order valence-corrected chi connectivity index (χ1v) is 9.01. The highest BCUT2D eigenvalue weighted by Gasteiger charge is 2.03. The van der Waals surface area contributed by atoms with Gasteiger partial charge >= 0.3 is 0 Å². The Bertz CT molecular complexity index is 648. The number of nitrogens with one attached hydrogen (secondary N) is 1. The van der Waals surface area contributed by atoms with Gasteiger partial charge in [0.05, 0.1) is 12.4 Å². The molecule has 1 N–H and O–H groups in total. The lowest BCUT2D eigenvalue weighted by molar-refractivity contribution is -0.118. The molecule has 0 saturated carbocycles. The minimum atomic E-state index is 0.0267. The van der Waals surface area contributed by atoms with Crippen molar-refractivity contribution in [2.24, 2.45) is 0 Å². The van der Waals surface area contributed by atoms with Crippen LogP contribution in [0.3, 0.4) is 0 Å². The number of hydrogen-bond acceptors (Lipinski definition) is 3. The molecule has 0 aliphatic heterocycles. The fourth-order valence-electron chi connectivity index (χ4n) is 2.05. The Hall–Kier alpha value is -1.65. The summed E-state index contributed by atoms with van der Waals surface area (Å²) >= 11 is 7.51. The zero-order chi connectivity index (χ0) is 16.5. The van der Waals surface area contributed by atoms with E-state index >= 15 is 0 Å². The molecule has 0 atom stereocenters. The van der Waals surface area contributed by atoms with E-state index in [1.165, 1.54) is 0 Å². The Balaban J connectivity index is 1.71. The van der Waals surface area contributed by atoms with E-state index in [1.807, 2.05) is 55.5 Å². The van der Waals surface area contributed by atoms with Gasteiger partial charge in [-0.3, -0.25) is 4.79 Å². The van der Waals surface area contributed by atoms with E-state index in [-0.39, 0.29) is 5.91 Å². The molecule has 2 rings (SSSR count). The van der Waals surface area contributed by atoms with Crippen molar-refractivity contribution >= 4 is 29.3 Å². The highest BCUT2D eigenvalue weighted by atomic mass is 35.5. The highest BCUT2D eigenvalue weighted by molar-refractivity contribution is 7.99. The summed E-state index contributed by atoms with van der Waals surface area (Å²) in [6, 6.07) is 15.5. The maximum Gasteiger partial charge on any atom is 0.230 e. The van der Waals surface area contributed by atoms with Crippen LogP contribution in [0.5, 0.6) is 5.75 Å². The topological polar surface area (TPSA) is 38.3 Å². The molecule has 0 fully saturated rings. The summed E-state index contributed by atoms with van der Waals surface area (Å²) in [6.45, 7) is 3.10. The molecule has 0 heterocycles. The number of amides is 1. The van der Waals surface area contributed by atoms with Gasteiger partial charge in [0.1, 0.15) is 5.75 Å². The Morgan fingerprint density at radius 2 is 1.96 bits per heavy atom. The highest BCUT2D eigenvalue weighted by Crippen LogP contribution is 2.16. The monoisotopic (exact) mass is 349 g/mol. The average Bonchev–Trinajstić information content (AvgIpc) is 2.54. The number of halogens is 1. The van der Waals surface area contributed by atoms with Crippen LogP contribution in [0.25, 0.3) is 0 Å². The maximum absolute atomic E-state index is 11.9. The Morgan fingerprint density at radius 1 is 1.17 bits per heavy atom. The number of thioether (sulfide) groups is 1. The maximum atomic E-state index is 11.9. The Kier molecular flexibility index (Phi) is 7.30. The fourth-order valence-corrected chi connectivity index (χ4v) is 3.07. The molecule has 3 nitrogen and oxygen atoms in total. The second-order valence-electron chi connectivity index (χ2n) is 4.98. The summed E-state index contributed by atoms with van der Waals surface area (Å²) in [5.41, 5.74) is 2.16. The lowest BCUT2D eigenvalue weighted by atomic mass is 10.2. The molecule has 0 bridgehead atoms. The number of carbonyl (C=O) groups excluding carboxylic acids is 1. The van der Waals surface area contributed by atoms with Gasteiger partial charge in [-0.25, -0.2) is 0 Å². The normalized spacial score (nSPS) is 10.3. The molecule has 122 valence electrons. The number of rotatable bonds is 8. The molecule has 1 amide bonds. The van der Waals surface area contributed by atoms with Crippen LogP contribution in [0.2, 0.25) is 5.02 Å². The summed E-state index contributed by atoms with van der Waals surface area (Å²) in [6.07, 6.45) is 0. The smallest absolute Gasteiger partial charge is 0.230 e. The van der Waals surface area contributed by atoms with Gasteiger partial charge in [0.25, 0.3) is 0 Å². The van der Waals surface area contributed by atoms with Crippen LogP contribution in [0.1, 0.15) is 18.1 Å². The van der Waals surface area contributed by atoms with Gasteiger partial charge in [0.15, 0.2) is 0 Å². The van der Waals surface area contributed by atoms with E-state index in [0.29, 0.717) is 18.9 Å².